The standard InChI is InChI=1S/C56H38N4/c1-6-19-39(20-7-1)49-37-50(52(41-23-10-3-11-24-41)53(42-25-12-4-13-26-42)51(49)40-21-8-2-9-22-40)45-30-17-32-47(36-45)56-59-54(43-27-14-5-15-28-43)58-55(60-56)46-31-16-29-44(35-46)48-33-18-34-57-38-48/h1-38H. The molecular formula is C56H38N4. The molecule has 0 aliphatic carbocycles. The molecule has 0 saturated carbocycles. The smallest absolute Gasteiger partial charge is 0.164 e. The first-order valence-corrected chi connectivity index (χ1v) is 20.1. The Balaban J connectivity index is 1.23. The van der Waals surface area contributed by atoms with Gasteiger partial charge in [-0.1, -0.05) is 194 Å². The van der Waals surface area contributed by atoms with Crippen LogP contribution in [0, 0.1) is 0 Å². The van der Waals surface area contributed by atoms with Gasteiger partial charge in [-0.2, -0.15) is 0 Å². The molecule has 10 aromatic rings. The van der Waals surface area contributed by atoms with Gasteiger partial charge in [-0.15, -0.1) is 0 Å². The second-order valence-corrected chi connectivity index (χ2v) is 14.6. The molecule has 0 aliphatic rings. The lowest BCUT2D eigenvalue weighted by Crippen LogP contribution is -2.01. The zero-order chi connectivity index (χ0) is 40.1. The van der Waals surface area contributed by atoms with Crippen molar-refractivity contribution in [1.29, 1.82) is 0 Å². The quantitative estimate of drug-likeness (QED) is 0.147. The number of hydrogen-bond acceptors (Lipinski definition) is 4. The fourth-order valence-electron chi connectivity index (χ4n) is 8.01. The first-order valence-electron chi connectivity index (χ1n) is 20.1. The Morgan fingerprint density at radius 3 is 1.10 bits per heavy atom. The molecule has 0 radical (unpaired) electrons. The Kier molecular flexibility index (Phi) is 9.92. The number of hydrogen-bond donors (Lipinski definition) is 0. The van der Waals surface area contributed by atoms with E-state index in [-0.39, 0.29) is 0 Å². The zero-order valence-electron chi connectivity index (χ0n) is 32.7. The lowest BCUT2D eigenvalue weighted by atomic mass is 9.79. The summed E-state index contributed by atoms with van der Waals surface area (Å²) in [5.41, 5.74) is 16.2. The van der Waals surface area contributed by atoms with Crippen LogP contribution < -0.4 is 0 Å². The molecule has 0 fully saturated rings. The number of benzene rings is 8. The molecule has 4 heteroatoms. The summed E-state index contributed by atoms with van der Waals surface area (Å²) < 4.78 is 0. The molecule has 282 valence electrons. The van der Waals surface area contributed by atoms with Crippen LogP contribution in [0.5, 0.6) is 0 Å². The summed E-state index contributed by atoms with van der Waals surface area (Å²) in [6.07, 6.45) is 3.67. The van der Waals surface area contributed by atoms with E-state index in [0.29, 0.717) is 17.5 Å². The molecule has 2 heterocycles. The maximum absolute atomic E-state index is 5.20. The van der Waals surface area contributed by atoms with Gasteiger partial charge >= 0.3 is 0 Å². The SMILES string of the molecule is c1ccc(-c2nc(-c3cccc(-c4cccnc4)c3)nc(-c3cccc(-c4cc(-c5ccccc5)c(-c5ccccc5)c(-c5ccccc5)c4-c4ccccc4)c3)n2)cc1. The highest BCUT2D eigenvalue weighted by atomic mass is 15.0. The summed E-state index contributed by atoms with van der Waals surface area (Å²) in [5.74, 6) is 1.81. The van der Waals surface area contributed by atoms with Gasteiger partial charge in [-0.25, -0.2) is 15.0 Å². The number of pyridine rings is 1. The van der Waals surface area contributed by atoms with Gasteiger partial charge in [0, 0.05) is 34.6 Å². The normalized spacial score (nSPS) is 11.0. The third-order valence-electron chi connectivity index (χ3n) is 10.8. The molecule has 0 amide bonds. The van der Waals surface area contributed by atoms with E-state index in [9.17, 15) is 0 Å². The highest BCUT2D eigenvalue weighted by Gasteiger charge is 2.24. The van der Waals surface area contributed by atoms with E-state index >= 15 is 0 Å². The Morgan fingerprint density at radius 1 is 0.233 bits per heavy atom. The average Bonchev–Trinajstić information content (AvgIpc) is 3.35. The largest absolute Gasteiger partial charge is 0.264 e. The van der Waals surface area contributed by atoms with Crippen molar-refractivity contribution in [3.8, 4) is 101 Å². The van der Waals surface area contributed by atoms with Crippen LogP contribution in [-0.2, 0) is 0 Å². The molecular weight excluding hydrogens is 729 g/mol. The summed E-state index contributed by atoms with van der Waals surface area (Å²) in [6.45, 7) is 0. The minimum absolute atomic E-state index is 0.598. The van der Waals surface area contributed by atoms with Crippen molar-refractivity contribution < 1.29 is 0 Å². The minimum atomic E-state index is 0.598. The average molecular weight is 767 g/mol. The summed E-state index contributed by atoms with van der Waals surface area (Å²) in [7, 11) is 0. The van der Waals surface area contributed by atoms with Crippen molar-refractivity contribution in [2.75, 3.05) is 0 Å². The van der Waals surface area contributed by atoms with Crippen LogP contribution in [-0.4, -0.2) is 19.9 Å². The van der Waals surface area contributed by atoms with Crippen molar-refractivity contribution in [3.05, 3.63) is 231 Å². The zero-order valence-corrected chi connectivity index (χ0v) is 32.7. The summed E-state index contributed by atoms with van der Waals surface area (Å²) in [6, 6.07) is 76.5. The van der Waals surface area contributed by atoms with Crippen LogP contribution in [0.15, 0.2) is 231 Å². The first-order chi connectivity index (χ1) is 29.8. The first kappa shape index (κ1) is 36.3. The molecule has 60 heavy (non-hydrogen) atoms. The number of rotatable bonds is 9. The van der Waals surface area contributed by atoms with Gasteiger partial charge in [0.1, 0.15) is 0 Å². The summed E-state index contributed by atoms with van der Waals surface area (Å²) in [5, 5.41) is 0. The van der Waals surface area contributed by atoms with Crippen molar-refractivity contribution >= 4 is 0 Å². The Morgan fingerprint density at radius 2 is 0.600 bits per heavy atom. The van der Waals surface area contributed by atoms with Crippen LogP contribution in [0.25, 0.3) is 101 Å². The molecule has 0 unspecified atom stereocenters. The predicted octanol–water partition coefficient (Wildman–Crippen LogP) is 14.3. The van der Waals surface area contributed by atoms with Crippen molar-refractivity contribution in [1.82, 2.24) is 19.9 Å². The van der Waals surface area contributed by atoms with E-state index in [1.807, 2.05) is 48.7 Å². The van der Waals surface area contributed by atoms with Gasteiger partial charge in [-0.05, 0) is 85.5 Å². The highest BCUT2D eigenvalue weighted by Crippen LogP contribution is 2.50. The number of nitrogens with zero attached hydrogens (tertiary/aromatic N) is 4. The summed E-state index contributed by atoms with van der Waals surface area (Å²) >= 11 is 0. The monoisotopic (exact) mass is 766 g/mol. The molecule has 4 nitrogen and oxygen atoms in total. The molecule has 0 aliphatic heterocycles. The van der Waals surface area contributed by atoms with Crippen molar-refractivity contribution in [2.45, 2.75) is 0 Å². The third kappa shape index (κ3) is 7.30. The van der Waals surface area contributed by atoms with Gasteiger partial charge in [0.05, 0.1) is 0 Å². The van der Waals surface area contributed by atoms with E-state index in [4.69, 9.17) is 15.0 Å². The van der Waals surface area contributed by atoms with Crippen LogP contribution in [0.4, 0.5) is 0 Å². The van der Waals surface area contributed by atoms with Gasteiger partial charge in [0.15, 0.2) is 17.5 Å². The van der Waals surface area contributed by atoms with E-state index in [1.54, 1.807) is 6.20 Å². The molecule has 0 N–H and O–H groups in total. The van der Waals surface area contributed by atoms with Gasteiger partial charge in [0.2, 0.25) is 0 Å². The third-order valence-corrected chi connectivity index (χ3v) is 10.8. The molecule has 2 aromatic heterocycles. The highest BCUT2D eigenvalue weighted by molar-refractivity contribution is 6.07. The Bertz CT molecular complexity index is 3050. The fourth-order valence-corrected chi connectivity index (χ4v) is 8.01. The van der Waals surface area contributed by atoms with Gasteiger partial charge in [0.25, 0.3) is 0 Å². The molecule has 0 saturated heterocycles. The second kappa shape index (κ2) is 16.4. The Hall–Kier alpha value is -8.08. The maximum atomic E-state index is 5.20. The van der Waals surface area contributed by atoms with E-state index in [2.05, 4.69) is 181 Å². The lowest BCUT2D eigenvalue weighted by Gasteiger charge is -2.24. The second-order valence-electron chi connectivity index (χ2n) is 14.6. The van der Waals surface area contributed by atoms with Gasteiger partial charge < -0.3 is 0 Å². The predicted molar refractivity (Wildman–Crippen MR) is 247 cm³/mol. The van der Waals surface area contributed by atoms with E-state index in [0.717, 1.165) is 72.3 Å². The van der Waals surface area contributed by atoms with Crippen LogP contribution >= 0.6 is 0 Å². The molecule has 0 atom stereocenters. The molecule has 8 aromatic carbocycles. The topological polar surface area (TPSA) is 51.6 Å². The van der Waals surface area contributed by atoms with Crippen molar-refractivity contribution in [2.24, 2.45) is 0 Å². The lowest BCUT2D eigenvalue weighted by molar-refractivity contribution is 1.07. The van der Waals surface area contributed by atoms with Crippen LogP contribution in [0.1, 0.15) is 0 Å². The maximum Gasteiger partial charge on any atom is 0.164 e. The molecule has 0 spiro atoms. The van der Waals surface area contributed by atoms with E-state index in [1.165, 1.54) is 11.1 Å². The van der Waals surface area contributed by atoms with Crippen LogP contribution in [0.3, 0.4) is 0 Å². The van der Waals surface area contributed by atoms with Crippen LogP contribution in [0.2, 0.25) is 0 Å². The Labute approximate surface area is 350 Å². The molecule has 10 rings (SSSR count). The fraction of sp³-hybridized carbons (Fsp3) is 0. The molecule has 0 bridgehead atoms. The van der Waals surface area contributed by atoms with E-state index < -0.39 is 0 Å². The van der Waals surface area contributed by atoms with Gasteiger partial charge in [-0.3, -0.25) is 4.98 Å². The summed E-state index contributed by atoms with van der Waals surface area (Å²) in [4.78, 5) is 19.8. The number of aromatic nitrogens is 4. The van der Waals surface area contributed by atoms with Crippen molar-refractivity contribution in [3.63, 3.8) is 0 Å². The minimum Gasteiger partial charge on any atom is -0.264 e.